The van der Waals surface area contributed by atoms with Crippen LogP contribution in [-0.2, 0) is 14.8 Å². The minimum absolute atomic E-state index is 0.0974. The topological polar surface area (TPSA) is 84.9 Å². The summed E-state index contributed by atoms with van der Waals surface area (Å²) in [6.45, 7) is 6.27. The van der Waals surface area contributed by atoms with E-state index in [-0.39, 0.29) is 23.0 Å². The van der Waals surface area contributed by atoms with Crippen LogP contribution in [0.15, 0.2) is 47.4 Å². The van der Waals surface area contributed by atoms with E-state index in [1.165, 1.54) is 14.2 Å². The number of amides is 1. The molecule has 2 rings (SSSR count). The number of nitrogens with zero attached hydrogens (tertiary/aromatic N) is 1. The number of methoxy groups -OCH3 is 2. The van der Waals surface area contributed by atoms with Crippen LogP contribution in [0.3, 0.4) is 0 Å². The zero-order valence-corrected chi connectivity index (χ0v) is 21.1. The van der Waals surface area contributed by atoms with Crippen LogP contribution in [0.25, 0.3) is 0 Å². The number of carbonyl (C=O) groups excluding carboxylic acids is 1. The van der Waals surface area contributed by atoms with Crippen LogP contribution >= 0.6 is 0 Å². The summed E-state index contributed by atoms with van der Waals surface area (Å²) in [6, 6.07) is 11.4. The Kier molecular flexibility index (Phi) is 10.0. The fourth-order valence-corrected chi connectivity index (χ4v) is 4.94. The van der Waals surface area contributed by atoms with Gasteiger partial charge in [0.25, 0.3) is 10.0 Å². The molecular formula is C25H36N2O5S. The molecule has 0 heterocycles. The highest BCUT2D eigenvalue weighted by Crippen LogP contribution is 2.35. The molecule has 0 fully saturated rings. The van der Waals surface area contributed by atoms with Gasteiger partial charge in [0.15, 0.2) is 0 Å². The monoisotopic (exact) mass is 476 g/mol. The van der Waals surface area contributed by atoms with Crippen molar-refractivity contribution in [1.29, 1.82) is 0 Å². The van der Waals surface area contributed by atoms with Gasteiger partial charge in [0, 0.05) is 12.6 Å². The molecule has 33 heavy (non-hydrogen) atoms. The molecule has 0 radical (unpaired) electrons. The molecule has 0 bridgehead atoms. The van der Waals surface area contributed by atoms with Crippen LogP contribution in [0.2, 0.25) is 0 Å². The van der Waals surface area contributed by atoms with Gasteiger partial charge in [-0.05, 0) is 43.5 Å². The minimum Gasteiger partial charge on any atom is -0.497 e. The Labute approximate surface area is 198 Å². The molecule has 8 heteroatoms. The third kappa shape index (κ3) is 7.12. The molecule has 1 atom stereocenters. The first-order chi connectivity index (χ1) is 15.8. The number of benzene rings is 2. The van der Waals surface area contributed by atoms with Crippen molar-refractivity contribution in [3.8, 4) is 11.5 Å². The van der Waals surface area contributed by atoms with Crippen molar-refractivity contribution in [2.75, 3.05) is 31.6 Å². The molecule has 7 nitrogen and oxygen atoms in total. The van der Waals surface area contributed by atoms with Gasteiger partial charge in [-0.1, -0.05) is 50.8 Å². The van der Waals surface area contributed by atoms with E-state index in [2.05, 4.69) is 19.2 Å². The van der Waals surface area contributed by atoms with Crippen LogP contribution in [0.1, 0.15) is 45.1 Å². The molecule has 182 valence electrons. The highest BCUT2D eigenvalue weighted by Gasteiger charge is 2.30. The second-order valence-electron chi connectivity index (χ2n) is 8.08. The second kappa shape index (κ2) is 12.5. The van der Waals surface area contributed by atoms with Crippen molar-refractivity contribution in [3.05, 3.63) is 48.0 Å². The lowest BCUT2D eigenvalue weighted by molar-refractivity contribution is -0.119. The largest absolute Gasteiger partial charge is 0.497 e. The van der Waals surface area contributed by atoms with E-state index in [1.54, 1.807) is 42.5 Å². The lowest BCUT2D eigenvalue weighted by Gasteiger charge is -2.26. The van der Waals surface area contributed by atoms with Gasteiger partial charge in [-0.2, -0.15) is 0 Å². The van der Waals surface area contributed by atoms with E-state index in [9.17, 15) is 13.2 Å². The number of nitrogens with one attached hydrogen (secondary N) is 1. The summed E-state index contributed by atoms with van der Waals surface area (Å²) in [7, 11) is -1.09. The first-order valence-electron chi connectivity index (χ1n) is 11.3. The molecule has 0 aromatic heterocycles. The molecule has 0 spiro atoms. The number of hydrogen-bond acceptors (Lipinski definition) is 5. The summed E-state index contributed by atoms with van der Waals surface area (Å²) in [6.07, 6.45) is 4.18. The number of ether oxygens (including phenoxy) is 2. The zero-order chi connectivity index (χ0) is 24.4. The Bertz CT molecular complexity index is 1010. The SMILES string of the molecule is CCCCC(CC)CNC(=O)CN(c1cc(OC)ccc1OC)S(=O)(=O)c1ccc(C)cc1. The second-order valence-corrected chi connectivity index (χ2v) is 9.95. The van der Waals surface area contributed by atoms with E-state index < -0.39 is 10.0 Å². The summed E-state index contributed by atoms with van der Waals surface area (Å²) in [5.74, 6) is 0.780. The van der Waals surface area contributed by atoms with E-state index in [4.69, 9.17) is 9.47 Å². The highest BCUT2D eigenvalue weighted by molar-refractivity contribution is 7.92. The molecule has 0 aliphatic rings. The summed E-state index contributed by atoms with van der Waals surface area (Å²) in [5.41, 5.74) is 1.18. The number of aryl methyl sites for hydroxylation is 1. The van der Waals surface area contributed by atoms with Gasteiger partial charge < -0.3 is 14.8 Å². The number of anilines is 1. The van der Waals surface area contributed by atoms with Gasteiger partial charge >= 0.3 is 0 Å². The Morgan fingerprint density at radius 2 is 1.76 bits per heavy atom. The van der Waals surface area contributed by atoms with E-state index in [0.29, 0.717) is 24.0 Å². The van der Waals surface area contributed by atoms with E-state index >= 15 is 0 Å². The molecule has 1 N–H and O–H groups in total. The summed E-state index contributed by atoms with van der Waals surface area (Å²) in [5, 5.41) is 2.92. The highest BCUT2D eigenvalue weighted by atomic mass is 32.2. The normalized spacial score (nSPS) is 12.2. The third-order valence-electron chi connectivity index (χ3n) is 5.68. The molecule has 2 aromatic carbocycles. The number of hydrogen-bond donors (Lipinski definition) is 1. The van der Waals surface area contributed by atoms with Crippen LogP contribution < -0.4 is 19.1 Å². The van der Waals surface area contributed by atoms with Crippen LogP contribution in [0.4, 0.5) is 5.69 Å². The van der Waals surface area contributed by atoms with Gasteiger partial charge in [0.05, 0.1) is 24.8 Å². The van der Waals surface area contributed by atoms with Gasteiger partial charge in [-0.25, -0.2) is 8.42 Å². The van der Waals surface area contributed by atoms with E-state index in [1.807, 2.05) is 6.92 Å². The van der Waals surface area contributed by atoms with Crippen molar-refractivity contribution < 1.29 is 22.7 Å². The predicted octanol–water partition coefficient (Wildman–Crippen LogP) is 4.54. The maximum absolute atomic E-state index is 13.6. The summed E-state index contributed by atoms with van der Waals surface area (Å²) < 4.78 is 39.1. The van der Waals surface area contributed by atoms with Crippen molar-refractivity contribution in [2.45, 2.75) is 51.3 Å². The first kappa shape index (κ1) is 26.5. The fraction of sp³-hybridized carbons (Fsp3) is 0.480. The predicted molar refractivity (Wildman–Crippen MR) is 132 cm³/mol. The maximum Gasteiger partial charge on any atom is 0.264 e. The van der Waals surface area contributed by atoms with Gasteiger partial charge in [0.1, 0.15) is 18.0 Å². The number of unbranched alkanes of at least 4 members (excludes halogenated alkanes) is 1. The third-order valence-corrected chi connectivity index (χ3v) is 7.46. The molecule has 0 saturated carbocycles. The molecule has 0 aliphatic heterocycles. The van der Waals surface area contributed by atoms with Gasteiger partial charge in [-0.3, -0.25) is 9.10 Å². The van der Waals surface area contributed by atoms with Crippen molar-refractivity contribution in [3.63, 3.8) is 0 Å². The molecule has 0 saturated heterocycles. The zero-order valence-electron chi connectivity index (χ0n) is 20.3. The Hall–Kier alpha value is -2.74. The summed E-state index contributed by atoms with van der Waals surface area (Å²) in [4.78, 5) is 13.0. The van der Waals surface area contributed by atoms with Gasteiger partial charge in [0.2, 0.25) is 5.91 Å². The minimum atomic E-state index is -4.04. The maximum atomic E-state index is 13.6. The van der Waals surface area contributed by atoms with Crippen molar-refractivity contribution >= 4 is 21.6 Å². The average molecular weight is 477 g/mol. The standard InChI is InChI=1S/C25H36N2O5S/c1-6-8-9-20(7-2)17-26-25(28)18-27(23-16-21(31-4)12-15-24(23)32-5)33(29,30)22-13-10-19(3)11-14-22/h10-16,20H,6-9,17-18H2,1-5H3,(H,26,28). The number of carbonyl (C=O) groups is 1. The van der Waals surface area contributed by atoms with Crippen molar-refractivity contribution in [2.24, 2.45) is 5.92 Å². The van der Waals surface area contributed by atoms with Crippen LogP contribution in [-0.4, -0.2) is 41.6 Å². The van der Waals surface area contributed by atoms with Gasteiger partial charge in [-0.15, -0.1) is 0 Å². The smallest absolute Gasteiger partial charge is 0.264 e. The van der Waals surface area contributed by atoms with Crippen LogP contribution in [0, 0.1) is 12.8 Å². The lowest BCUT2D eigenvalue weighted by atomic mass is 9.99. The number of sulfonamides is 1. The molecule has 0 aliphatic carbocycles. The van der Waals surface area contributed by atoms with Crippen molar-refractivity contribution in [1.82, 2.24) is 5.32 Å². The molecule has 1 unspecified atom stereocenters. The lowest BCUT2D eigenvalue weighted by Crippen LogP contribution is -2.42. The fourth-order valence-electron chi connectivity index (χ4n) is 3.52. The summed E-state index contributed by atoms with van der Waals surface area (Å²) >= 11 is 0. The Balaban J connectivity index is 2.40. The van der Waals surface area contributed by atoms with E-state index in [0.717, 1.165) is 35.6 Å². The molecule has 2 aromatic rings. The quantitative estimate of drug-likeness (QED) is 0.459. The Morgan fingerprint density at radius 3 is 2.33 bits per heavy atom. The molecule has 1 amide bonds. The molecular weight excluding hydrogens is 440 g/mol. The van der Waals surface area contributed by atoms with Crippen LogP contribution in [0.5, 0.6) is 11.5 Å². The Morgan fingerprint density at radius 1 is 1.06 bits per heavy atom. The first-order valence-corrected chi connectivity index (χ1v) is 12.8. The number of rotatable bonds is 13. The average Bonchev–Trinajstić information content (AvgIpc) is 2.82.